The largest absolute Gasteiger partial charge is 0.444 e. The van der Waals surface area contributed by atoms with Crippen molar-refractivity contribution in [2.45, 2.75) is 46.3 Å². The molecule has 0 bridgehead atoms. The molecule has 0 saturated heterocycles. The summed E-state index contributed by atoms with van der Waals surface area (Å²) >= 11 is 0. The minimum atomic E-state index is -3.40. The molecule has 0 aliphatic heterocycles. The van der Waals surface area contributed by atoms with Gasteiger partial charge >= 0.3 is 6.09 Å². The van der Waals surface area contributed by atoms with Crippen molar-refractivity contribution in [3.8, 4) is 0 Å². The maximum absolute atomic E-state index is 12.1. The Balaban J connectivity index is 2.32. The highest BCUT2D eigenvalue weighted by Gasteiger charge is 2.15. The summed E-state index contributed by atoms with van der Waals surface area (Å²) in [6, 6.07) is 9.36. The van der Waals surface area contributed by atoms with Crippen LogP contribution in [0.4, 0.5) is 4.79 Å². The minimum Gasteiger partial charge on any atom is -0.444 e. The molecule has 1 aromatic rings. The van der Waals surface area contributed by atoms with Crippen molar-refractivity contribution in [3.05, 3.63) is 35.9 Å². The molecule has 10 heteroatoms. The number of ether oxygens (including phenoxy) is 1. The first-order valence-electron chi connectivity index (χ1n) is 10.1. The van der Waals surface area contributed by atoms with Gasteiger partial charge in [0.25, 0.3) is 0 Å². The molecule has 0 saturated carbocycles. The van der Waals surface area contributed by atoms with E-state index in [2.05, 4.69) is 25.7 Å². The van der Waals surface area contributed by atoms with Crippen LogP contribution in [0.2, 0.25) is 0 Å². The molecule has 0 atom stereocenters. The third-order valence-corrected chi connectivity index (χ3v) is 4.95. The standard InChI is InChI=1S/C20H35N5O4S/c1-5-21-18(22-12-9-13-24-19(26)29-20(2,3)4)23-14-15-30(27,28)25-16-17-10-7-6-8-11-17/h6-8,10-11,25H,5,9,12-16H2,1-4H3,(H,24,26)(H2,21,22,23). The predicted octanol–water partition coefficient (Wildman–Crippen LogP) is 1.58. The molecule has 0 aliphatic rings. The van der Waals surface area contributed by atoms with Crippen molar-refractivity contribution in [2.75, 3.05) is 31.9 Å². The minimum absolute atomic E-state index is 0.0650. The van der Waals surface area contributed by atoms with Crippen LogP contribution >= 0.6 is 0 Å². The number of nitrogens with zero attached hydrogens (tertiary/aromatic N) is 1. The lowest BCUT2D eigenvalue weighted by Crippen LogP contribution is -2.41. The van der Waals surface area contributed by atoms with E-state index >= 15 is 0 Å². The Bertz CT molecular complexity index is 761. The Morgan fingerprint density at radius 3 is 2.40 bits per heavy atom. The fraction of sp³-hybridized carbons (Fsp3) is 0.600. The third-order valence-electron chi connectivity index (χ3n) is 3.62. The molecule has 170 valence electrons. The number of amides is 1. The summed E-state index contributed by atoms with van der Waals surface area (Å²) in [5.74, 6) is 0.470. The van der Waals surface area contributed by atoms with E-state index in [1.807, 2.05) is 58.0 Å². The molecule has 0 heterocycles. The van der Waals surface area contributed by atoms with Gasteiger partial charge in [0, 0.05) is 32.7 Å². The van der Waals surface area contributed by atoms with Crippen molar-refractivity contribution in [3.63, 3.8) is 0 Å². The molecule has 1 rings (SSSR count). The van der Waals surface area contributed by atoms with E-state index in [1.165, 1.54) is 0 Å². The molecule has 4 N–H and O–H groups in total. The summed E-state index contributed by atoms with van der Waals surface area (Å²) in [7, 11) is -3.40. The molecule has 0 spiro atoms. The first kappa shape index (κ1) is 25.7. The molecule has 0 radical (unpaired) electrons. The fourth-order valence-electron chi connectivity index (χ4n) is 2.28. The lowest BCUT2D eigenvalue weighted by Gasteiger charge is -2.19. The second kappa shape index (κ2) is 13.1. The molecular weight excluding hydrogens is 406 g/mol. The number of rotatable bonds is 11. The third kappa shape index (κ3) is 13.0. The second-order valence-corrected chi connectivity index (χ2v) is 9.52. The van der Waals surface area contributed by atoms with E-state index in [0.29, 0.717) is 32.0 Å². The van der Waals surface area contributed by atoms with E-state index in [1.54, 1.807) is 0 Å². The Kier molecular flexibility index (Phi) is 11.2. The zero-order valence-electron chi connectivity index (χ0n) is 18.3. The Morgan fingerprint density at radius 2 is 1.77 bits per heavy atom. The molecule has 30 heavy (non-hydrogen) atoms. The van der Waals surface area contributed by atoms with E-state index < -0.39 is 21.7 Å². The zero-order chi connectivity index (χ0) is 22.5. The number of nitrogens with one attached hydrogen (secondary N) is 4. The number of aliphatic imine (C=N–C) groups is 1. The summed E-state index contributed by atoms with van der Waals surface area (Å²) < 4.78 is 32.0. The van der Waals surface area contributed by atoms with Gasteiger partial charge in [-0.05, 0) is 39.7 Å². The number of hydrogen-bond acceptors (Lipinski definition) is 5. The molecule has 9 nitrogen and oxygen atoms in total. The highest BCUT2D eigenvalue weighted by molar-refractivity contribution is 7.89. The van der Waals surface area contributed by atoms with Crippen molar-refractivity contribution in [1.82, 2.24) is 20.7 Å². The van der Waals surface area contributed by atoms with Crippen molar-refractivity contribution in [1.29, 1.82) is 0 Å². The first-order chi connectivity index (χ1) is 14.1. The molecule has 1 aromatic carbocycles. The average molecular weight is 442 g/mol. The number of hydrogen-bond donors (Lipinski definition) is 4. The van der Waals surface area contributed by atoms with Gasteiger partial charge in [-0.2, -0.15) is 0 Å². The maximum Gasteiger partial charge on any atom is 0.407 e. The molecular formula is C20H35N5O4S. The van der Waals surface area contributed by atoms with Crippen molar-refractivity contribution >= 4 is 22.1 Å². The van der Waals surface area contributed by atoms with Gasteiger partial charge < -0.3 is 20.7 Å². The van der Waals surface area contributed by atoms with Crippen LogP contribution in [0.5, 0.6) is 0 Å². The molecule has 0 aliphatic carbocycles. The number of alkyl carbamates (subject to hydrolysis) is 1. The zero-order valence-corrected chi connectivity index (χ0v) is 19.1. The lowest BCUT2D eigenvalue weighted by atomic mass is 10.2. The Hall–Kier alpha value is -2.33. The molecule has 0 aromatic heterocycles. The first-order valence-corrected chi connectivity index (χ1v) is 11.8. The highest BCUT2D eigenvalue weighted by atomic mass is 32.2. The summed E-state index contributed by atoms with van der Waals surface area (Å²) in [5.41, 5.74) is 0.379. The van der Waals surface area contributed by atoms with Gasteiger partial charge in [-0.15, -0.1) is 0 Å². The van der Waals surface area contributed by atoms with E-state index in [0.717, 1.165) is 5.56 Å². The quantitative estimate of drug-likeness (QED) is 0.235. The van der Waals surface area contributed by atoms with Gasteiger partial charge in [0.15, 0.2) is 5.96 Å². The molecule has 0 fully saturated rings. The van der Waals surface area contributed by atoms with Gasteiger partial charge in [-0.25, -0.2) is 17.9 Å². The van der Waals surface area contributed by atoms with Crippen molar-refractivity contribution in [2.24, 2.45) is 4.99 Å². The smallest absolute Gasteiger partial charge is 0.407 e. The normalized spacial score (nSPS) is 12.3. The summed E-state index contributed by atoms with van der Waals surface area (Å²) in [4.78, 5) is 16.0. The van der Waals surface area contributed by atoms with Gasteiger partial charge in [0.2, 0.25) is 10.0 Å². The number of sulfonamides is 1. The van der Waals surface area contributed by atoms with Gasteiger partial charge in [0.1, 0.15) is 5.60 Å². The van der Waals surface area contributed by atoms with E-state index in [9.17, 15) is 13.2 Å². The van der Waals surface area contributed by atoms with Crippen LogP contribution in [0.25, 0.3) is 0 Å². The number of carbonyl (C=O) groups is 1. The van der Waals surface area contributed by atoms with E-state index in [4.69, 9.17) is 4.74 Å². The summed E-state index contributed by atoms with van der Waals surface area (Å²) in [5, 5.41) is 8.76. The van der Waals surface area contributed by atoms with Gasteiger partial charge in [-0.1, -0.05) is 30.3 Å². The Morgan fingerprint density at radius 1 is 1.07 bits per heavy atom. The fourth-order valence-corrected chi connectivity index (χ4v) is 3.18. The monoisotopic (exact) mass is 441 g/mol. The van der Waals surface area contributed by atoms with Crippen LogP contribution in [0.1, 0.15) is 39.7 Å². The highest BCUT2D eigenvalue weighted by Crippen LogP contribution is 2.06. The predicted molar refractivity (Wildman–Crippen MR) is 120 cm³/mol. The van der Waals surface area contributed by atoms with Gasteiger partial charge in [-0.3, -0.25) is 4.99 Å². The topological polar surface area (TPSA) is 121 Å². The number of benzene rings is 1. The Labute approximate surface area is 180 Å². The SMILES string of the molecule is CCNC(=NCCCNC(=O)OC(C)(C)C)NCCS(=O)(=O)NCc1ccccc1. The van der Waals surface area contributed by atoms with Crippen LogP contribution in [-0.2, 0) is 21.3 Å². The van der Waals surface area contributed by atoms with Crippen molar-refractivity contribution < 1.29 is 17.9 Å². The number of guanidine groups is 1. The van der Waals surface area contributed by atoms with E-state index in [-0.39, 0.29) is 18.8 Å². The van der Waals surface area contributed by atoms with Crippen LogP contribution in [0, 0.1) is 0 Å². The van der Waals surface area contributed by atoms with Crippen LogP contribution in [-0.4, -0.2) is 58.0 Å². The van der Waals surface area contributed by atoms with Gasteiger partial charge in [0.05, 0.1) is 5.75 Å². The van der Waals surface area contributed by atoms with Crippen LogP contribution in [0.15, 0.2) is 35.3 Å². The summed E-state index contributed by atoms with van der Waals surface area (Å²) in [6.45, 7) is 9.42. The molecule has 1 amide bonds. The number of carbonyl (C=O) groups excluding carboxylic acids is 1. The van der Waals surface area contributed by atoms with Crippen LogP contribution < -0.4 is 20.7 Å². The van der Waals surface area contributed by atoms with Crippen LogP contribution in [0.3, 0.4) is 0 Å². The average Bonchev–Trinajstić information content (AvgIpc) is 2.65. The molecule has 0 unspecified atom stereocenters. The second-order valence-electron chi connectivity index (χ2n) is 7.60. The maximum atomic E-state index is 12.1. The lowest BCUT2D eigenvalue weighted by molar-refractivity contribution is 0.0527. The summed E-state index contributed by atoms with van der Waals surface area (Å²) in [6.07, 6.45) is 0.178.